The van der Waals surface area contributed by atoms with Gasteiger partial charge in [-0.25, -0.2) is 0 Å². The number of halogens is 2. The predicted molar refractivity (Wildman–Crippen MR) is 95.8 cm³/mol. The summed E-state index contributed by atoms with van der Waals surface area (Å²) in [7, 11) is 0. The van der Waals surface area contributed by atoms with E-state index in [-0.39, 0.29) is 36.8 Å². The van der Waals surface area contributed by atoms with Gasteiger partial charge in [0.15, 0.2) is 0 Å². The van der Waals surface area contributed by atoms with E-state index in [0.29, 0.717) is 12.5 Å². The second-order valence-electron chi connectivity index (χ2n) is 5.45. The third kappa shape index (κ3) is 6.13. The molecule has 1 aliphatic rings. The summed E-state index contributed by atoms with van der Waals surface area (Å²) in [6.07, 6.45) is 2.76. The van der Waals surface area contributed by atoms with E-state index in [1.54, 1.807) is 0 Å². The molecule has 1 saturated heterocycles. The molecule has 1 fully saturated rings. The van der Waals surface area contributed by atoms with Crippen molar-refractivity contribution in [2.75, 3.05) is 19.6 Å². The molecule has 2 rings (SSSR count). The van der Waals surface area contributed by atoms with Crippen molar-refractivity contribution in [2.24, 2.45) is 5.73 Å². The van der Waals surface area contributed by atoms with Gasteiger partial charge in [-0.15, -0.1) is 24.8 Å². The molecule has 22 heavy (non-hydrogen) atoms. The molecule has 0 aliphatic carbocycles. The first-order valence-electron chi connectivity index (χ1n) is 7.52. The number of carbonyl (C=O) groups excluding carboxylic acids is 1. The lowest BCUT2D eigenvalue weighted by Crippen LogP contribution is -2.40. The summed E-state index contributed by atoms with van der Waals surface area (Å²) in [5, 5.41) is 3.03. The monoisotopic (exact) mass is 347 g/mol. The highest BCUT2D eigenvalue weighted by molar-refractivity contribution is 5.85. The van der Waals surface area contributed by atoms with E-state index in [0.717, 1.165) is 25.2 Å². The molecule has 4 nitrogen and oxygen atoms in total. The molecule has 1 amide bonds. The predicted octanol–water partition coefficient (Wildman–Crippen LogP) is 2.52. The Hall–Kier alpha value is -0.810. The van der Waals surface area contributed by atoms with Gasteiger partial charge in [0.1, 0.15) is 0 Å². The summed E-state index contributed by atoms with van der Waals surface area (Å²) in [5.41, 5.74) is 7.07. The Bertz CT molecular complexity index is 431. The van der Waals surface area contributed by atoms with Crippen molar-refractivity contribution < 1.29 is 4.79 Å². The summed E-state index contributed by atoms with van der Waals surface area (Å²) >= 11 is 0. The fourth-order valence-electron chi connectivity index (χ4n) is 2.86. The Kier molecular flexibility index (Phi) is 10.4. The Balaban J connectivity index is 0.00000220. The Morgan fingerprint density at radius 2 is 2.05 bits per heavy atom. The van der Waals surface area contributed by atoms with Crippen molar-refractivity contribution in [1.29, 1.82) is 0 Å². The molecule has 1 aromatic rings. The number of likely N-dealkylation sites (N-methyl/N-ethyl adjacent to an activating group) is 1. The molecule has 1 heterocycles. The Morgan fingerprint density at radius 3 is 2.68 bits per heavy atom. The standard InChI is InChI=1S/C16H25N3O.2ClH/c1-2-19-10-6-9-14(19)12-18-16(20)11-15(17)13-7-4-3-5-8-13;;/h3-5,7-8,14-15H,2,6,9-12,17H2,1H3,(H,18,20);2*1H. The van der Waals surface area contributed by atoms with Crippen LogP contribution in [0.15, 0.2) is 30.3 Å². The molecule has 2 atom stereocenters. The summed E-state index contributed by atoms with van der Waals surface area (Å²) < 4.78 is 0. The molecule has 126 valence electrons. The van der Waals surface area contributed by atoms with Crippen molar-refractivity contribution in [2.45, 2.75) is 38.3 Å². The lowest BCUT2D eigenvalue weighted by atomic mass is 10.0. The van der Waals surface area contributed by atoms with E-state index in [4.69, 9.17) is 5.73 Å². The topological polar surface area (TPSA) is 58.4 Å². The van der Waals surface area contributed by atoms with Crippen LogP contribution >= 0.6 is 24.8 Å². The van der Waals surface area contributed by atoms with Gasteiger partial charge in [-0.05, 0) is 31.5 Å². The van der Waals surface area contributed by atoms with E-state index in [2.05, 4.69) is 17.1 Å². The average Bonchev–Trinajstić information content (AvgIpc) is 2.93. The van der Waals surface area contributed by atoms with E-state index in [1.807, 2.05) is 30.3 Å². The minimum absolute atomic E-state index is 0. The summed E-state index contributed by atoms with van der Waals surface area (Å²) in [5.74, 6) is 0.0457. The Labute approximate surface area is 145 Å². The lowest BCUT2D eigenvalue weighted by Gasteiger charge is -2.23. The molecule has 0 bridgehead atoms. The third-order valence-corrected chi connectivity index (χ3v) is 4.07. The molecule has 0 radical (unpaired) electrons. The van der Waals surface area contributed by atoms with Crippen LogP contribution in [0.3, 0.4) is 0 Å². The van der Waals surface area contributed by atoms with Gasteiger partial charge in [-0.3, -0.25) is 9.69 Å². The van der Waals surface area contributed by atoms with Crippen LogP contribution in [0.5, 0.6) is 0 Å². The number of nitrogens with one attached hydrogen (secondary N) is 1. The van der Waals surface area contributed by atoms with Crippen LogP contribution in [-0.4, -0.2) is 36.5 Å². The SMILES string of the molecule is CCN1CCCC1CNC(=O)CC(N)c1ccccc1.Cl.Cl. The molecule has 0 spiro atoms. The lowest BCUT2D eigenvalue weighted by molar-refractivity contribution is -0.121. The quantitative estimate of drug-likeness (QED) is 0.831. The number of hydrogen-bond donors (Lipinski definition) is 2. The van der Waals surface area contributed by atoms with Crippen LogP contribution in [0.25, 0.3) is 0 Å². The number of nitrogens with two attached hydrogens (primary N) is 1. The van der Waals surface area contributed by atoms with Crippen LogP contribution in [-0.2, 0) is 4.79 Å². The summed E-state index contributed by atoms with van der Waals surface area (Å²) in [4.78, 5) is 14.4. The number of amides is 1. The van der Waals surface area contributed by atoms with Crippen molar-refractivity contribution in [3.8, 4) is 0 Å². The minimum Gasteiger partial charge on any atom is -0.354 e. The molecule has 0 saturated carbocycles. The normalized spacial score (nSPS) is 18.9. The number of carbonyl (C=O) groups is 1. The molecular weight excluding hydrogens is 321 g/mol. The highest BCUT2D eigenvalue weighted by Crippen LogP contribution is 2.16. The summed E-state index contributed by atoms with van der Waals surface area (Å²) in [6, 6.07) is 10.1. The first-order valence-corrected chi connectivity index (χ1v) is 7.52. The maximum Gasteiger partial charge on any atom is 0.221 e. The van der Waals surface area contributed by atoms with E-state index in [9.17, 15) is 4.79 Å². The van der Waals surface area contributed by atoms with Gasteiger partial charge < -0.3 is 11.1 Å². The zero-order valence-electron chi connectivity index (χ0n) is 13.0. The van der Waals surface area contributed by atoms with Crippen LogP contribution in [0.4, 0.5) is 0 Å². The second kappa shape index (κ2) is 10.8. The molecular formula is C16H27Cl2N3O. The minimum atomic E-state index is -0.220. The second-order valence-corrected chi connectivity index (χ2v) is 5.45. The van der Waals surface area contributed by atoms with Gasteiger partial charge in [0.2, 0.25) is 5.91 Å². The van der Waals surface area contributed by atoms with Gasteiger partial charge in [0.05, 0.1) is 0 Å². The van der Waals surface area contributed by atoms with Crippen LogP contribution in [0.2, 0.25) is 0 Å². The van der Waals surface area contributed by atoms with Crippen LogP contribution < -0.4 is 11.1 Å². The van der Waals surface area contributed by atoms with Crippen LogP contribution in [0.1, 0.15) is 37.8 Å². The molecule has 3 N–H and O–H groups in total. The zero-order chi connectivity index (χ0) is 14.4. The number of benzene rings is 1. The van der Waals surface area contributed by atoms with Crippen molar-refractivity contribution >= 4 is 30.7 Å². The van der Waals surface area contributed by atoms with Gasteiger partial charge >= 0.3 is 0 Å². The highest BCUT2D eigenvalue weighted by atomic mass is 35.5. The van der Waals surface area contributed by atoms with Gasteiger partial charge in [0.25, 0.3) is 0 Å². The van der Waals surface area contributed by atoms with Gasteiger partial charge in [-0.1, -0.05) is 37.3 Å². The maximum atomic E-state index is 12.0. The first-order chi connectivity index (χ1) is 9.70. The molecule has 1 aromatic carbocycles. The van der Waals surface area contributed by atoms with Crippen molar-refractivity contribution in [1.82, 2.24) is 10.2 Å². The average molecular weight is 348 g/mol. The number of hydrogen-bond acceptors (Lipinski definition) is 3. The van der Waals surface area contributed by atoms with Gasteiger partial charge in [-0.2, -0.15) is 0 Å². The molecule has 0 aromatic heterocycles. The zero-order valence-corrected chi connectivity index (χ0v) is 14.7. The molecule has 6 heteroatoms. The largest absolute Gasteiger partial charge is 0.354 e. The molecule has 1 aliphatic heterocycles. The van der Waals surface area contributed by atoms with Crippen molar-refractivity contribution in [3.05, 3.63) is 35.9 Å². The van der Waals surface area contributed by atoms with E-state index >= 15 is 0 Å². The number of likely N-dealkylation sites (tertiary alicyclic amines) is 1. The smallest absolute Gasteiger partial charge is 0.221 e. The molecule has 2 unspecified atom stereocenters. The Morgan fingerprint density at radius 1 is 1.36 bits per heavy atom. The number of rotatable bonds is 6. The van der Waals surface area contributed by atoms with Crippen molar-refractivity contribution in [3.63, 3.8) is 0 Å². The maximum absolute atomic E-state index is 12.0. The van der Waals surface area contributed by atoms with E-state index < -0.39 is 0 Å². The number of nitrogens with zero attached hydrogens (tertiary/aromatic N) is 1. The fourth-order valence-corrected chi connectivity index (χ4v) is 2.86. The third-order valence-electron chi connectivity index (χ3n) is 4.07. The highest BCUT2D eigenvalue weighted by Gasteiger charge is 2.23. The summed E-state index contributed by atoms with van der Waals surface area (Å²) in [6.45, 7) is 5.13. The van der Waals surface area contributed by atoms with Crippen LogP contribution in [0, 0.1) is 0 Å². The first kappa shape index (κ1) is 21.2. The van der Waals surface area contributed by atoms with E-state index in [1.165, 1.54) is 12.8 Å². The van der Waals surface area contributed by atoms with Gasteiger partial charge in [0, 0.05) is 25.0 Å². The fraction of sp³-hybridized carbons (Fsp3) is 0.562.